The first-order valence-corrected chi connectivity index (χ1v) is 9.14. The molecule has 0 bridgehead atoms. The van der Waals surface area contributed by atoms with E-state index in [9.17, 15) is 4.79 Å². The van der Waals surface area contributed by atoms with Gasteiger partial charge in [-0.3, -0.25) is 4.79 Å². The lowest BCUT2D eigenvalue weighted by Gasteiger charge is -2.16. The van der Waals surface area contributed by atoms with Gasteiger partial charge in [0, 0.05) is 17.7 Å². The summed E-state index contributed by atoms with van der Waals surface area (Å²) in [5, 5.41) is 2.94. The van der Waals surface area contributed by atoms with E-state index in [0.717, 1.165) is 45.6 Å². The molecule has 0 spiro atoms. The average molecular weight is 361 g/mol. The minimum Gasteiger partial charge on any atom is -0.497 e. The Kier molecular flexibility index (Phi) is 6.85. The Morgan fingerprint density at radius 1 is 1.19 bits per heavy atom. The molecule has 0 aromatic heterocycles. The molecule has 0 radical (unpaired) electrons. The van der Waals surface area contributed by atoms with Gasteiger partial charge >= 0.3 is 0 Å². The molecule has 0 atom stereocenters. The summed E-state index contributed by atoms with van der Waals surface area (Å²) in [4.78, 5) is 12.4. The van der Waals surface area contributed by atoms with Crippen LogP contribution in [0.15, 0.2) is 42.0 Å². The fourth-order valence-electron chi connectivity index (χ4n) is 3.00. The topological polar surface area (TPSA) is 38.3 Å². The molecule has 0 aliphatic carbocycles. The van der Waals surface area contributed by atoms with E-state index in [1.165, 1.54) is 0 Å². The van der Waals surface area contributed by atoms with Crippen molar-refractivity contribution < 1.29 is 9.53 Å². The van der Waals surface area contributed by atoms with Crippen molar-refractivity contribution in [2.45, 2.75) is 34.1 Å². The predicted molar refractivity (Wildman–Crippen MR) is 113 cm³/mol. The quantitative estimate of drug-likeness (QED) is 0.583. The molecule has 0 unspecified atom stereocenters. The molecule has 0 aliphatic rings. The smallest absolute Gasteiger partial charge is 0.247 e. The van der Waals surface area contributed by atoms with Crippen LogP contribution in [0.1, 0.15) is 43.9 Å². The third kappa shape index (κ3) is 4.60. The zero-order chi connectivity index (χ0) is 20.0. The highest BCUT2D eigenvalue weighted by atomic mass is 16.5. The van der Waals surface area contributed by atoms with Crippen LogP contribution in [0.3, 0.4) is 0 Å². The van der Waals surface area contributed by atoms with E-state index in [-0.39, 0.29) is 5.91 Å². The van der Waals surface area contributed by atoms with E-state index in [1.54, 1.807) is 7.11 Å². The maximum Gasteiger partial charge on any atom is 0.247 e. The maximum atomic E-state index is 12.4. The molecule has 27 heavy (non-hydrogen) atoms. The first-order valence-electron chi connectivity index (χ1n) is 9.14. The van der Waals surface area contributed by atoms with Gasteiger partial charge in [-0.05, 0) is 79.3 Å². The number of hydrogen-bond donors (Lipinski definition) is 1. The average Bonchev–Trinajstić information content (AvgIpc) is 2.71. The van der Waals surface area contributed by atoms with Gasteiger partial charge in [-0.25, -0.2) is 0 Å². The molecule has 1 amide bonds. The summed E-state index contributed by atoms with van der Waals surface area (Å²) in [6.45, 7) is 8.60. The van der Waals surface area contributed by atoms with E-state index < -0.39 is 0 Å². The molecule has 2 aromatic rings. The molecule has 2 rings (SSSR count). The predicted octanol–water partition coefficient (Wildman–Crippen LogP) is 4.97. The zero-order valence-corrected chi connectivity index (χ0v) is 16.8. The third-order valence-electron chi connectivity index (χ3n) is 4.82. The van der Waals surface area contributed by atoms with Crippen LogP contribution >= 0.6 is 0 Å². The first kappa shape index (κ1) is 20.3. The monoisotopic (exact) mass is 361 g/mol. The Labute approximate surface area is 162 Å². The Bertz CT molecular complexity index is 899. The zero-order valence-electron chi connectivity index (χ0n) is 16.8. The molecule has 0 saturated carbocycles. The van der Waals surface area contributed by atoms with Crippen molar-refractivity contribution in [3.8, 4) is 29.2 Å². The van der Waals surface area contributed by atoms with Crippen LogP contribution in [0, 0.1) is 19.3 Å². The summed E-state index contributed by atoms with van der Waals surface area (Å²) in [6.07, 6.45) is 6.61. The number of ether oxygens (including phenoxy) is 1. The van der Waals surface area contributed by atoms with Crippen molar-refractivity contribution in [3.63, 3.8) is 0 Å². The number of amides is 1. The van der Waals surface area contributed by atoms with Gasteiger partial charge in [-0.2, -0.15) is 0 Å². The minimum atomic E-state index is -0.0362. The molecule has 0 saturated heterocycles. The number of carbonyl (C=O) groups is 1. The SMILES string of the molecule is C#Cc1cc(/C(C)=C(\C)C(=O)NCCC)c(C)c(-c2ccc(OC)cc2)c1. The van der Waals surface area contributed by atoms with Crippen molar-refractivity contribution in [2.75, 3.05) is 13.7 Å². The molecular formula is C24H27NO2. The summed E-state index contributed by atoms with van der Waals surface area (Å²) < 4.78 is 5.25. The van der Waals surface area contributed by atoms with Gasteiger partial charge in [0.2, 0.25) is 5.91 Å². The van der Waals surface area contributed by atoms with Crippen LogP contribution in [0.2, 0.25) is 0 Å². The van der Waals surface area contributed by atoms with Gasteiger partial charge in [0.1, 0.15) is 5.75 Å². The van der Waals surface area contributed by atoms with Crippen molar-refractivity contribution in [2.24, 2.45) is 0 Å². The Morgan fingerprint density at radius 2 is 1.85 bits per heavy atom. The number of rotatable bonds is 6. The van der Waals surface area contributed by atoms with E-state index in [2.05, 4.69) is 18.2 Å². The van der Waals surface area contributed by atoms with Gasteiger partial charge in [-0.15, -0.1) is 6.42 Å². The minimum absolute atomic E-state index is 0.0362. The molecule has 3 heteroatoms. The van der Waals surface area contributed by atoms with Crippen LogP contribution in [0.4, 0.5) is 0 Å². The van der Waals surface area contributed by atoms with Crippen molar-refractivity contribution >= 4 is 11.5 Å². The summed E-state index contributed by atoms with van der Waals surface area (Å²) in [5.41, 5.74) is 6.66. The highest BCUT2D eigenvalue weighted by molar-refractivity contribution is 6.01. The fourth-order valence-corrected chi connectivity index (χ4v) is 3.00. The van der Waals surface area contributed by atoms with Crippen molar-refractivity contribution in [3.05, 3.63) is 58.7 Å². The summed E-state index contributed by atoms with van der Waals surface area (Å²) in [7, 11) is 1.65. The molecule has 1 N–H and O–H groups in total. The van der Waals surface area contributed by atoms with Gasteiger partial charge in [0.15, 0.2) is 0 Å². The summed E-state index contributed by atoms with van der Waals surface area (Å²) in [5.74, 6) is 3.51. The van der Waals surface area contributed by atoms with Crippen molar-refractivity contribution in [1.82, 2.24) is 5.32 Å². The number of nitrogens with one attached hydrogen (secondary N) is 1. The Morgan fingerprint density at radius 3 is 2.41 bits per heavy atom. The number of benzene rings is 2. The molecule has 0 aliphatic heterocycles. The molecule has 140 valence electrons. The lowest BCUT2D eigenvalue weighted by atomic mass is 9.89. The second-order valence-electron chi connectivity index (χ2n) is 6.58. The van der Waals surface area contributed by atoms with Crippen LogP contribution in [0.25, 0.3) is 16.7 Å². The number of methoxy groups -OCH3 is 1. The van der Waals surface area contributed by atoms with Gasteiger partial charge < -0.3 is 10.1 Å². The number of terminal acetylenes is 1. The van der Waals surface area contributed by atoms with Gasteiger partial charge in [0.05, 0.1) is 7.11 Å². The number of allylic oxidation sites excluding steroid dienone is 1. The fraction of sp³-hybridized carbons (Fsp3) is 0.292. The molecule has 3 nitrogen and oxygen atoms in total. The van der Waals surface area contributed by atoms with E-state index >= 15 is 0 Å². The second-order valence-corrected chi connectivity index (χ2v) is 6.58. The van der Waals surface area contributed by atoms with Crippen LogP contribution in [-0.2, 0) is 4.79 Å². The second kappa shape index (κ2) is 9.09. The Balaban J connectivity index is 2.57. The van der Waals surface area contributed by atoms with Gasteiger partial charge in [-0.1, -0.05) is 25.0 Å². The van der Waals surface area contributed by atoms with Gasteiger partial charge in [0.25, 0.3) is 0 Å². The maximum absolute atomic E-state index is 12.4. The van der Waals surface area contributed by atoms with E-state index in [4.69, 9.17) is 11.2 Å². The van der Waals surface area contributed by atoms with Crippen LogP contribution < -0.4 is 10.1 Å². The van der Waals surface area contributed by atoms with E-state index in [0.29, 0.717) is 12.1 Å². The Hall–Kier alpha value is -2.99. The number of hydrogen-bond acceptors (Lipinski definition) is 2. The standard InChI is InChI=1S/C24H27NO2/c1-7-13-25-24(26)17(4)16(3)22-14-19(8-2)15-23(18(22)5)20-9-11-21(27-6)12-10-20/h2,9-12,14-15H,7,13H2,1,3-6H3,(H,25,26)/b17-16+. The normalized spacial score (nSPS) is 11.4. The number of carbonyl (C=O) groups excluding carboxylic acids is 1. The van der Waals surface area contributed by atoms with Crippen LogP contribution in [-0.4, -0.2) is 19.6 Å². The lowest BCUT2D eigenvalue weighted by Crippen LogP contribution is -2.25. The summed E-state index contributed by atoms with van der Waals surface area (Å²) >= 11 is 0. The molecule has 0 heterocycles. The lowest BCUT2D eigenvalue weighted by molar-refractivity contribution is -0.117. The molecule has 0 fully saturated rings. The largest absolute Gasteiger partial charge is 0.497 e. The molecule has 2 aromatic carbocycles. The third-order valence-corrected chi connectivity index (χ3v) is 4.82. The first-order chi connectivity index (χ1) is 12.9. The summed E-state index contributed by atoms with van der Waals surface area (Å²) in [6, 6.07) is 11.9. The van der Waals surface area contributed by atoms with Crippen LogP contribution in [0.5, 0.6) is 5.75 Å². The van der Waals surface area contributed by atoms with Crippen molar-refractivity contribution in [1.29, 1.82) is 0 Å². The molecular weight excluding hydrogens is 334 g/mol. The highest BCUT2D eigenvalue weighted by Crippen LogP contribution is 2.33. The van der Waals surface area contributed by atoms with E-state index in [1.807, 2.05) is 57.2 Å². The highest BCUT2D eigenvalue weighted by Gasteiger charge is 2.14.